The maximum absolute atomic E-state index is 12.0. The molecule has 0 aliphatic heterocycles. The number of benzene rings is 2. The summed E-state index contributed by atoms with van der Waals surface area (Å²) < 4.78 is 15.3. The first-order chi connectivity index (χ1) is 12.4. The zero-order valence-electron chi connectivity index (χ0n) is 14.2. The lowest BCUT2D eigenvalue weighted by Gasteiger charge is -2.12. The Labute approximate surface area is 160 Å². The van der Waals surface area contributed by atoms with Gasteiger partial charge in [0.1, 0.15) is 11.5 Å². The third kappa shape index (κ3) is 5.82. The van der Waals surface area contributed by atoms with Gasteiger partial charge in [0.05, 0.1) is 12.8 Å². The summed E-state index contributed by atoms with van der Waals surface area (Å²) in [6, 6.07) is 9.86. The van der Waals surface area contributed by atoms with Crippen LogP contribution in [0.5, 0.6) is 11.5 Å². The van der Waals surface area contributed by atoms with Gasteiger partial charge in [-0.15, -0.1) is 0 Å². The Bertz CT molecular complexity index is 810. The fourth-order valence-electron chi connectivity index (χ4n) is 2.00. The molecule has 0 aromatic heterocycles. The largest absolute Gasteiger partial charge is 0.495 e. The Kier molecular flexibility index (Phi) is 7.12. The number of hydrogen-bond donors (Lipinski definition) is 1. The second kappa shape index (κ2) is 9.31. The van der Waals surface area contributed by atoms with E-state index >= 15 is 0 Å². The number of esters is 1. The minimum Gasteiger partial charge on any atom is -0.495 e. The second-order valence-corrected chi connectivity index (χ2v) is 6.10. The molecular formula is C18H17Cl2NO5. The molecule has 0 heterocycles. The highest BCUT2D eigenvalue weighted by atomic mass is 35.5. The van der Waals surface area contributed by atoms with Crippen molar-refractivity contribution in [2.75, 3.05) is 25.6 Å². The summed E-state index contributed by atoms with van der Waals surface area (Å²) in [5.41, 5.74) is 1.21. The van der Waals surface area contributed by atoms with Crippen LogP contribution in [-0.2, 0) is 14.3 Å². The van der Waals surface area contributed by atoms with Gasteiger partial charge in [-0.05, 0) is 36.8 Å². The molecule has 0 aliphatic carbocycles. The van der Waals surface area contributed by atoms with Crippen LogP contribution in [0.1, 0.15) is 5.56 Å². The lowest BCUT2D eigenvalue weighted by atomic mass is 10.2. The number of aryl methyl sites for hydroxylation is 1. The van der Waals surface area contributed by atoms with Crippen LogP contribution in [0, 0.1) is 6.92 Å². The summed E-state index contributed by atoms with van der Waals surface area (Å²) in [4.78, 5) is 23.6. The number of rotatable bonds is 7. The molecule has 0 unspecified atom stereocenters. The molecule has 2 rings (SSSR count). The molecule has 138 valence electrons. The van der Waals surface area contributed by atoms with Crippen LogP contribution in [-0.4, -0.2) is 32.2 Å². The van der Waals surface area contributed by atoms with Crippen molar-refractivity contribution in [1.82, 2.24) is 0 Å². The Morgan fingerprint density at radius 1 is 1.12 bits per heavy atom. The first kappa shape index (κ1) is 19.9. The van der Waals surface area contributed by atoms with Gasteiger partial charge in [0.2, 0.25) is 0 Å². The van der Waals surface area contributed by atoms with Crippen LogP contribution >= 0.6 is 23.2 Å². The van der Waals surface area contributed by atoms with E-state index in [0.717, 1.165) is 5.56 Å². The number of methoxy groups -OCH3 is 1. The molecule has 0 fully saturated rings. The first-order valence-corrected chi connectivity index (χ1v) is 8.32. The molecular weight excluding hydrogens is 381 g/mol. The van der Waals surface area contributed by atoms with E-state index < -0.39 is 18.5 Å². The number of hydrogen-bond acceptors (Lipinski definition) is 5. The molecule has 0 atom stereocenters. The van der Waals surface area contributed by atoms with Gasteiger partial charge in [0.25, 0.3) is 5.91 Å². The smallest absolute Gasteiger partial charge is 0.344 e. The maximum atomic E-state index is 12.0. The normalized spacial score (nSPS) is 10.2. The van der Waals surface area contributed by atoms with Gasteiger partial charge in [-0.1, -0.05) is 29.3 Å². The summed E-state index contributed by atoms with van der Waals surface area (Å²) >= 11 is 11.8. The Hall–Kier alpha value is -2.44. The molecule has 26 heavy (non-hydrogen) atoms. The Morgan fingerprint density at radius 2 is 1.88 bits per heavy atom. The molecule has 1 N–H and O–H groups in total. The van der Waals surface area contributed by atoms with Crippen molar-refractivity contribution in [3.63, 3.8) is 0 Å². The van der Waals surface area contributed by atoms with Gasteiger partial charge >= 0.3 is 5.97 Å². The standard InChI is InChI=1S/C18H17Cl2NO5/c1-11-6-15(16(24-2)8-14(11)20)21-17(22)9-26-18(23)10-25-13-5-3-4-12(19)7-13/h3-8H,9-10H2,1-2H3,(H,21,22). The molecule has 2 aromatic rings. The van der Waals surface area contributed by atoms with Gasteiger partial charge in [0, 0.05) is 16.1 Å². The second-order valence-electron chi connectivity index (χ2n) is 5.26. The van der Waals surface area contributed by atoms with E-state index in [1.165, 1.54) is 7.11 Å². The molecule has 0 aliphatic rings. The summed E-state index contributed by atoms with van der Waals surface area (Å²) in [5.74, 6) is -0.356. The molecule has 0 saturated heterocycles. The highest BCUT2D eigenvalue weighted by Gasteiger charge is 2.13. The third-order valence-electron chi connectivity index (χ3n) is 3.27. The average molecular weight is 398 g/mol. The van der Waals surface area contributed by atoms with E-state index in [-0.39, 0.29) is 6.61 Å². The van der Waals surface area contributed by atoms with Gasteiger partial charge < -0.3 is 19.5 Å². The van der Waals surface area contributed by atoms with Crippen molar-refractivity contribution in [2.45, 2.75) is 6.92 Å². The number of carbonyl (C=O) groups is 2. The molecule has 6 nitrogen and oxygen atoms in total. The first-order valence-electron chi connectivity index (χ1n) is 7.57. The average Bonchev–Trinajstić information content (AvgIpc) is 2.61. The summed E-state index contributed by atoms with van der Waals surface area (Å²) in [7, 11) is 1.46. The summed E-state index contributed by atoms with van der Waals surface area (Å²) in [6.45, 7) is 1.00. The van der Waals surface area contributed by atoms with E-state index in [9.17, 15) is 9.59 Å². The monoisotopic (exact) mass is 397 g/mol. The van der Waals surface area contributed by atoms with Crippen molar-refractivity contribution in [2.24, 2.45) is 0 Å². The van der Waals surface area contributed by atoms with Gasteiger partial charge in [-0.25, -0.2) is 4.79 Å². The topological polar surface area (TPSA) is 73.9 Å². The van der Waals surface area contributed by atoms with Crippen LogP contribution in [0.15, 0.2) is 36.4 Å². The van der Waals surface area contributed by atoms with E-state index in [1.807, 2.05) is 0 Å². The van der Waals surface area contributed by atoms with Crippen molar-refractivity contribution in [1.29, 1.82) is 0 Å². The number of carbonyl (C=O) groups excluding carboxylic acids is 2. The fourth-order valence-corrected chi connectivity index (χ4v) is 2.34. The highest BCUT2D eigenvalue weighted by molar-refractivity contribution is 6.31. The molecule has 8 heteroatoms. The minimum atomic E-state index is -0.681. The predicted octanol–water partition coefficient (Wildman–Crippen LogP) is 3.87. The number of ether oxygens (including phenoxy) is 3. The third-order valence-corrected chi connectivity index (χ3v) is 3.91. The molecule has 0 saturated carbocycles. The molecule has 0 bridgehead atoms. The molecule has 0 radical (unpaired) electrons. The van der Waals surface area contributed by atoms with Crippen molar-refractivity contribution < 1.29 is 23.8 Å². The van der Waals surface area contributed by atoms with E-state index in [4.69, 9.17) is 37.4 Å². The number of anilines is 1. The van der Waals surface area contributed by atoms with Crippen molar-refractivity contribution in [3.05, 3.63) is 52.0 Å². The minimum absolute atomic E-state index is 0.336. The zero-order valence-corrected chi connectivity index (χ0v) is 15.7. The maximum Gasteiger partial charge on any atom is 0.344 e. The number of amides is 1. The lowest BCUT2D eigenvalue weighted by molar-refractivity contribution is -0.149. The van der Waals surface area contributed by atoms with Gasteiger partial charge in [-0.3, -0.25) is 4.79 Å². The van der Waals surface area contributed by atoms with Crippen LogP contribution < -0.4 is 14.8 Å². The quantitative estimate of drug-likeness (QED) is 0.717. The van der Waals surface area contributed by atoms with E-state index in [2.05, 4.69) is 5.32 Å². The Morgan fingerprint density at radius 3 is 2.58 bits per heavy atom. The van der Waals surface area contributed by atoms with E-state index in [0.29, 0.717) is 27.2 Å². The van der Waals surface area contributed by atoms with Gasteiger partial charge in [-0.2, -0.15) is 0 Å². The highest BCUT2D eigenvalue weighted by Crippen LogP contribution is 2.30. The van der Waals surface area contributed by atoms with E-state index in [1.54, 1.807) is 43.3 Å². The number of nitrogens with one attached hydrogen (secondary N) is 1. The molecule has 1 amide bonds. The SMILES string of the molecule is COc1cc(Cl)c(C)cc1NC(=O)COC(=O)COc1cccc(Cl)c1. The summed E-state index contributed by atoms with van der Waals surface area (Å²) in [5, 5.41) is 3.61. The van der Waals surface area contributed by atoms with Crippen LogP contribution in [0.2, 0.25) is 10.0 Å². The molecule has 0 spiro atoms. The van der Waals surface area contributed by atoms with Crippen LogP contribution in [0.4, 0.5) is 5.69 Å². The van der Waals surface area contributed by atoms with Crippen molar-refractivity contribution >= 4 is 40.8 Å². The molecule has 2 aromatic carbocycles. The fraction of sp³-hybridized carbons (Fsp3) is 0.222. The van der Waals surface area contributed by atoms with Gasteiger partial charge in [0.15, 0.2) is 13.2 Å². The lowest BCUT2D eigenvalue weighted by Crippen LogP contribution is -2.24. The zero-order chi connectivity index (χ0) is 19.1. The van der Waals surface area contributed by atoms with Crippen LogP contribution in [0.25, 0.3) is 0 Å². The van der Waals surface area contributed by atoms with Crippen LogP contribution in [0.3, 0.4) is 0 Å². The summed E-state index contributed by atoms with van der Waals surface area (Å²) in [6.07, 6.45) is 0. The van der Waals surface area contributed by atoms with Crippen molar-refractivity contribution in [3.8, 4) is 11.5 Å². The number of halogens is 2. The predicted molar refractivity (Wildman–Crippen MR) is 99.3 cm³/mol. The Balaban J connectivity index is 1.83.